The van der Waals surface area contributed by atoms with Crippen LogP contribution >= 0.6 is 0 Å². The summed E-state index contributed by atoms with van der Waals surface area (Å²) in [6.07, 6.45) is 0. The molecule has 0 saturated heterocycles. The minimum atomic E-state index is 0.715. The van der Waals surface area contributed by atoms with Crippen LogP contribution < -0.4 is 9.80 Å². The lowest BCUT2D eigenvalue weighted by Gasteiger charge is -2.26. The van der Waals surface area contributed by atoms with Gasteiger partial charge in [0, 0.05) is 56.4 Å². The average Bonchev–Trinajstić information content (AvgIpc) is 4.08. The van der Waals surface area contributed by atoms with E-state index < -0.39 is 0 Å². The molecular weight excluding hydrogens is 821 g/mol. The van der Waals surface area contributed by atoms with Gasteiger partial charge in [0.05, 0.1) is 22.1 Å². The molecule has 0 atom stereocenters. The number of furan rings is 3. The average molecular weight is 863 g/mol. The van der Waals surface area contributed by atoms with Gasteiger partial charge >= 0.3 is 0 Å². The van der Waals surface area contributed by atoms with Gasteiger partial charge in [-0.25, -0.2) is 0 Å². The molecule has 0 aliphatic heterocycles. The molecule has 0 N–H and O–H groups in total. The van der Waals surface area contributed by atoms with E-state index in [9.17, 15) is 0 Å². The third-order valence-electron chi connectivity index (χ3n) is 13.2. The fourth-order valence-electron chi connectivity index (χ4n) is 9.93. The van der Waals surface area contributed by atoms with Crippen LogP contribution in [0.3, 0.4) is 0 Å². The largest absolute Gasteiger partial charge is 0.456 e. The predicted molar refractivity (Wildman–Crippen MR) is 278 cm³/mol. The molecule has 5 heteroatoms. The van der Waals surface area contributed by atoms with Crippen LogP contribution in [0, 0.1) is 13.8 Å². The smallest absolute Gasteiger partial charge is 0.160 e. The van der Waals surface area contributed by atoms with Crippen LogP contribution in [0.25, 0.3) is 88.1 Å². The molecule has 0 radical (unpaired) electrons. The molecule has 0 unspecified atom stereocenters. The van der Waals surface area contributed by atoms with Gasteiger partial charge in [-0.2, -0.15) is 0 Å². The van der Waals surface area contributed by atoms with Crippen LogP contribution in [0.2, 0.25) is 0 Å². The van der Waals surface area contributed by atoms with Crippen molar-refractivity contribution in [3.05, 3.63) is 230 Å². The molecule has 13 rings (SSSR count). The van der Waals surface area contributed by atoms with Crippen molar-refractivity contribution in [3.8, 4) is 22.3 Å². The molecule has 3 aromatic heterocycles. The van der Waals surface area contributed by atoms with E-state index in [1.54, 1.807) is 0 Å². The Morgan fingerprint density at radius 3 is 1.19 bits per heavy atom. The van der Waals surface area contributed by atoms with Crippen LogP contribution in [0.4, 0.5) is 34.1 Å². The Balaban J connectivity index is 1.10. The second kappa shape index (κ2) is 15.4. The summed E-state index contributed by atoms with van der Waals surface area (Å²) in [4.78, 5) is 4.61. The Hall–Kier alpha value is -8.80. The maximum absolute atomic E-state index is 7.25. The van der Waals surface area contributed by atoms with Crippen molar-refractivity contribution >= 4 is 99.9 Å². The maximum atomic E-state index is 7.25. The zero-order valence-corrected chi connectivity index (χ0v) is 36.9. The highest BCUT2D eigenvalue weighted by Crippen LogP contribution is 2.53. The molecule has 0 fully saturated rings. The molecule has 318 valence electrons. The van der Waals surface area contributed by atoms with Crippen molar-refractivity contribution in [1.29, 1.82) is 0 Å². The van der Waals surface area contributed by atoms with Gasteiger partial charge in [-0.05, 0) is 96.8 Å². The van der Waals surface area contributed by atoms with Crippen molar-refractivity contribution in [2.24, 2.45) is 0 Å². The molecule has 5 nitrogen and oxygen atoms in total. The summed E-state index contributed by atoms with van der Waals surface area (Å²) in [6.45, 7) is 4.24. The molecule has 3 heterocycles. The number of anilines is 6. The van der Waals surface area contributed by atoms with Gasteiger partial charge in [-0.3, -0.25) is 0 Å². The SMILES string of the molecule is Cc1ccc(N(c2ccc(-c3ccccc3)cc2)c2cc3oc4cc(N(c5ccc(C)cc5)c5ccc(-c6ccccc6)cc5)c5c6ccccc6oc5c4c3c3c2oc2ccccc23)cc1. The number of hydrogen-bond acceptors (Lipinski definition) is 5. The summed E-state index contributed by atoms with van der Waals surface area (Å²) in [5.41, 5.74) is 17.4. The van der Waals surface area contributed by atoms with Crippen molar-refractivity contribution < 1.29 is 13.3 Å². The Kier molecular flexibility index (Phi) is 8.90. The maximum Gasteiger partial charge on any atom is 0.160 e. The molecule has 0 aliphatic rings. The molecular formula is C62H42N2O3. The zero-order valence-electron chi connectivity index (χ0n) is 36.9. The van der Waals surface area contributed by atoms with E-state index in [1.807, 2.05) is 12.1 Å². The van der Waals surface area contributed by atoms with E-state index >= 15 is 0 Å². The summed E-state index contributed by atoms with van der Waals surface area (Å²) in [6, 6.07) is 77.0. The molecule has 10 aromatic carbocycles. The van der Waals surface area contributed by atoms with E-state index in [-0.39, 0.29) is 0 Å². The zero-order chi connectivity index (χ0) is 44.6. The summed E-state index contributed by atoms with van der Waals surface area (Å²) in [7, 11) is 0. The van der Waals surface area contributed by atoms with Gasteiger partial charge in [0.15, 0.2) is 5.58 Å². The van der Waals surface area contributed by atoms with Crippen LogP contribution in [-0.2, 0) is 0 Å². The lowest BCUT2D eigenvalue weighted by atomic mass is 9.99. The summed E-state index contributed by atoms with van der Waals surface area (Å²) in [5.74, 6) is 0. The van der Waals surface area contributed by atoms with Gasteiger partial charge in [0.2, 0.25) is 0 Å². The van der Waals surface area contributed by atoms with Crippen molar-refractivity contribution in [1.82, 2.24) is 0 Å². The lowest BCUT2D eigenvalue weighted by molar-refractivity contribution is 0.660. The summed E-state index contributed by atoms with van der Waals surface area (Å²) < 4.78 is 21.3. The van der Waals surface area contributed by atoms with Gasteiger partial charge < -0.3 is 23.1 Å². The van der Waals surface area contributed by atoms with Crippen LogP contribution in [0.1, 0.15) is 11.1 Å². The van der Waals surface area contributed by atoms with Gasteiger partial charge in [-0.1, -0.05) is 157 Å². The van der Waals surface area contributed by atoms with Gasteiger partial charge in [0.1, 0.15) is 27.9 Å². The highest BCUT2D eigenvalue weighted by Gasteiger charge is 2.29. The highest BCUT2D eigenvalue weighted by molar-refractivity contribution is 6.35. The number of fused-ring (bicyclic) bond motifs is 11. The standard InChI is InChI=1S/C62H42N2O3/c1-39-21-29-45(30-22-39)63(47-33-25-43(26-34-47)41-13-5-3-6-14-41)51-37-56-60(62-57(51)49-17-9-11-19-53(49)67-62)59-55(65-56)38-52(61-58(59)50-18-10-12-20-54(50)66-61)64(46-31-23-40(2)24-32-46)48-35-27-44(28-36-48)42-15-7-4-8-16-42/h3-38H,1-2H3. The number of aryl methyl sites for hydroxylation is 2. The summed E-state index contributed by atoms with van der Waals surface area (Å²) in [5, 5.41) is 5.86. The molecule has 0 bridgehead atoms. The number of nitrogens with zero attached hydrogens (tertiary/aromatic N) is 2. The quantitative estimate of drug-likeness (QED) is 0.152. The van der Waals surface area contributed by atoms with Crippen LogP contribution in [0.15, 0.2) is 232 Å². The van der Waals surface area contributed by atoms with Crippen molar-refractivity contribution in [2.45, 2.75) is 13.8 Å². The van der Waals surface area contributed by atoms with E-state index in [0.717, 1.165) is 105 Å². The van der Waals surface area contributed by atoms with Gasteiger partial charge in [0.25, 0.3) is 0 Å². The first kappa shape index (κ1) is 38.6. The van der Waals surface area contributed by atoms with E-state index in [0.29, 0.717) is 5.58 Å². The molecule has 67 heavy (non-hydrogen) atoms. The first-order valence-corrected chi connectivity index (χ1v) is 22.7. The van der Waals surface area contributed by atoms with E-state index in [2.05, 4.69) is 230 Å². The topological polar surface area (TPSA) is 45.9 Å². The summed E-state index contributed by atoms with van der Waals surface area (Å²) >= 11 is 0. The van der Waals surface area contributed by atoms with Crippen LogP contribution in [-0.4, -0.2) is 0 Å². The van der Waals surface area contributed by atoms with Gasteiger partial charge in [-0.15, -0.1) is 0 Å². The Morgan fingerprint density at radius 2 is 0.672 bits per heavy atom. The monoisotopic (exact) mass is 862 g/mol. The Morgan fingerprint density at radius 1 is 0.284 bits per heavy atom. The molecule has 0 saturated carbocycles. The molecule has 13 aromatic rings. The third kappa shape index (κ3) is 6.39. The van der Waals surface area contributed by atoms with Crippen LogP contribution in [0.5, 0.6) is 0 Å². The third-order valence-corrected chi connectivity index (χ3v) is 13.2. The highest BCUT2D eigenvalue weighted by atomic mass is 16.3. The molecule has 0 spiro atoms. The number of hydrogen-bond donors (Lipinski definition) is 0. The second-order valence-electron chi connectivity index (χ2n) is 17.4. The minimum absolute atomic E-state index is 0.715. The number of para-hydroxylation sites is 2. The fourth-order valence-corrected chi connectivity index (χ4v) is 9.93. The number of rotatable bonds is 8. The lowest BCUT2D eigenvalue weighted by Crippen LogP contribution is -2.10. The second-order valence-corrected chi connectivity index (χ2v) is 17.4. The van der Waals surface area contributed by atoms with E-state index in [1.165, 1.54) is 22.3 Å². The molecule has 0 amide bonds. The van der Waals surface area contributed by atoms with E-state index in [4.69, 9.17) is 13.3 Å². The molecule has 0 aliphatic carbocycles. The predicted octanol–water partition coefficient (Wildman–Crippen LogP) is 18.3. The van der Waals surface area contributed by atoms with Crippen molar-refractivity contribution in [3.63, 3.8) is 0 Å². The number of benzene rings is 10. The normalized spacial score (nSPS) is 11.7. The minimum Gasteiger partial charge on any atom is -0.456 e. The Bertz CT molecular complexity index is 3960. The Labute approximate surface area is 386 Å². The fraction of sp³-hybridized carbons (Fsp3) is 0.0323. The first-order chi connectivity index (χ1) is 33.0. The van der Waals surface area contributed by atoms with Crippen molar-refractivity contribution in [2.75, 3.05) is 9.80 Å². The first-order valence-electron chi connectivity index (χ1n) is 22.7.